The fourth-order valence-corrected chi connectivity index (χ4v) is 0.894. The molecule has 5 nitrogen and oxygen atoms in total. The van der Waals surface area contributed by atoms with Crippen LogP contribution in [0.3, 0.4) is 0 Å². The van der Waals surface area contributed by atoms with Crippen molar-refractivity contribution in [2.24, 2.45) is 5.73 Å². The lowest BCUT2D eigenvalue weighted by molar-refractivity contribution is -0.126. The van der Waals surface area contributed by atoms with E-state index in [9.17, 15) is 9.59 Å². The Labute approximate surface area is 78.1 Å². The second-order valence-electron chi connectivity index (χ2n) is 3.47. The average molecular weight is 187 g/mol. The summed E-state index contributed by atoms with van der Waals surface area (Å²) in [4.78, 5) is 22.0. The fourth-order valence-electron chi connectivity index (χ4n) is 0.894. The van der Waals surface area contributed by atoms with Crippen molar-refractivity contribution in [2.75, 3.05) is 7.05 Å². The number of carbonyl (C=O) groups excluding carboxylic acids is 2. The van der Waals surface area contributed by atoms with Crippen LogP contribution in [0, 0.1) is 0 Å². The maximum Gasteiger partial charge on any atom is 0.237 e. The number of nitrogens with two attached hydrogens (primary N) is 1. The first-order valence-electron chi connectivity index (χ1n) is 4.10. The Bertz CT molecular complexity index is 213. The highest BCUT2D eigenvalue weighted by Gasteiger charge is 2.28. The summed E-state index contributed by atoms with van der Waals surface area (Å²) in [5, 5.41) is 5.29. The number of likely N-dealkylation sites (N-methyl/N-ethyl adjacent to an activating group) is 1. The van der Waals surface area contributed by atoms with Crippen molar-refractivity contribution < 1.29 is 9.59 Å². The molecule has 13 heavy (non-hydrogen) atoms. The molecule has 0 fully saturated rings. The Morgan fingerprint density at radius 1 is 1.38 bits per heavy atom. The van der Waals surface area contributed by atoms with Gasteiger partial charge in [0.15, 0.2) is 0 Å². The number of amides is 2. The summed E-state index contributed by atoms with van der Waals surface area (Å²) in [5.74, 6) is -0.655. The van der Waals surface area contributed by atoms with Gasteiger partial charge in [0.1, 0.15) is 0 Å². The van der Waals surface area contributed by atoms with Crippen LogP contribution in [0.15, 0.2) is 0 Å². The number of primary amides is 1. The molecule has 0 saturated carbocycles. The summed E-state index contributed by atoms with van der Waals surface area (Å²) in [7, 11) is 1.54. The lowest BCUT2D eigenvalue weighted by Crippen LogP contribution is -2.57. The van der Waals surface area contributed by atoms with Gasteiger partial charge >= 0.3 is 0 Å². The van der Waals surface area contributed by atoms with Gasteiger partial charge in [0, 0.05) is 7.05 Å². The molecule has 0 heterocycles. The average Bonchev–Trinajstić information content (AvgIpc) is 2.01. The molecular formula is C8H17N3O2. The number of nitrogens with one attached hydrogen (secondary N) is 2. The van der Waals surface area contributed by atoms with Gasteiger partial charge in [-0.05, 0) is 20.8 Å². The van der Waals surface area contributed by atoms with E-state index >= 15 is 0 Å². The van der Waals surface area contributed by atoms with Gasteiger partial charge in [-0.25, -0.2) is 0 Å². The third-order valence-corrected chi connectivity index (χ3v) is 1.83. The Balaban J connectivity index is 4.27. The molecule has 2 amide bonds. The van der Waals surface area contributed by atoms with Gasteiger partial charge in [-0.15, -0.1) is 0 Å². The monoisotopic (exact) mass is 187 g/mol. The third kappa shape index (κ3) is 3.42. The van der Waals surface area contributed by atoms with Crippen LogP contribution in [-0.4, -0.2) is 30.4 Å². The van der Waals surface area contributed by atoms with Crippen LogP contribution in [0.1, 0.15) is 20.8 Å². The van der Waals surface area contributed by atoms with Crippen LogP contribution < -0.4 is 16.4 Å². The number of hydrogen-bond acceptors (Lipinski definition) is 3. The lowest BCUT2D eigenvalue weighted by Gasteiger charge is -2.25. The summed E-state index contributed by atoms with van der Waals surface area (Å²) >= 11 is 0. The van der Waals surface area contributed by atoms with Crippen molar-refractivity contribution in [3.63, 3.8) is 0 Å². The highest BCUT2D eigenvalue weighted by atomic mass is 16.2. The molecule has 0 bridgehead atoms. The second kappa shape index (κ2) is 4.23. The van der Waals surface area contributed by atoms with E-state index in [4.69, 9.17) is 5.73 Å². The van der Waals surface area contributed by atoms with E-state index in [1.165, 1.54) is 7.05 Å². The molecule has 0 aliphatic carbocycles. The first-order valence-corrected chi connectivity index (χ1v) is 4.10. The SMILES string of the molecule is CNC(=O)C(C)NC(C)(C)C(N)=O. The summed E-state index contributed by atoms with van der Waals surface area (Å²) in [6.45, 7) is 4.94. The van der Waals surface area contributed by atoms with E-state index in [-0.39, 0.29) is 5.91 Å². The summed E-state index contributed by atoms with van der Waals surface area (Å²) in [5.41, 5.74) is 4.26. The largest absolute Gasteiger partial charge is 0.368 e. The van der Waals surface area contributed by atoms with Crippen molar-refractivity contribution >= 4 is 11.8 Å². The molecule has 4 N–H and O–H groups in total. The predicted octanol–water partition coefficient (Wildman–Crippen LogP) is -1.03. The van der Waals surface area contributed by atoms with Gasteiger partial charge in [-0.3, -0.25) is 14.9 Å². The van der Waals surface area contributed by atoms with Crippen molar-refractivity contribution in [3.8, 4) is 0 Å². The molecule has 0 aromatic carbocycles. The van der Waals surface area contributed by atoms with E-state index in [2.05, 4.69) is 10.6 Å². The van der Waals surface area contributed by atoms with E-state index in [1.54, 1.807) is 20.8 Å². The number of hydrogen-bond donors (Lipinski definition) is 3. The fraction of sp³-hybridized carbons (Fsp3) is 0.750. The quantitative estimate of drug-likeness (QED) is 0.526. The van der Waals surface area contributed by atoms with E-state index in [1.807, 2.05) is 0 Å². The molecule has 0 aromatic heterocycles. The maximum absolute atomic E-state index is 11.1. The predicted molar refractivity (Wildman–Crippen MR) is 49.9 cm³/mol. The smallest absolute Gasteiger partial charge is 0.237 e. The summed E-state index contributed by atoms with van der Waals surface area (Å²) < 4.78 is 0. The van der Waals surface area contributed by atoms with Crippen LogP contribution in [-0.2, 0) is 9.59 Å². The van der Waals surface area contributed by atoms with Gasteiger partial charge in [0.05, 0.1) is 11.6 Å². The summed E-state index contributed by atoms with van der Waals surface area (Å²) in [6.07, 6.45) is 0. The molecular weight excluding hydrogens is 170 g/mol. The highest BCUT2D eigenvalue weighted by molar-refractivity contribution is 5.86. The molecule has 1 atom stereocenters. The normalized spacial score (nSPS) is 13.5. The number of carbonyl (C=O) groups is 2. The van der Waals surface area contributed by atoms with Crippen LogP contribution >= 0.6 is 0 Å². The lowest BCUT2D eigenvalue weighted by atomic mass is 10.0. The van der Waals surface area contributed by atoms with Gasteiger partial charge in [-0.1, -0.05) is 0 Å². The molecule has 0 saturated heterocycles. The molecule has 0 aliphatic rings. The van der Waals surface area contributed by atoms with Crippen LogP contribution in [0.25, 0.3) is 0 Å². The van der Waals surface area contributed by atoms with Crippen molar-refractivity contribution in [2.45, 2.75) is 32.4 Å². The molecule has 0 aromatic rings. The van der Waals surface area contributed by atoms with Crippen molar-refractivity contribution in [1.82, 2.24) is 10.6 Å². The Hall–Kier alpha value is -1.10. The van der Waals surface area contributed by atoms with Crippen molar-refractivity contribution in [3.05, 3.63) is 0 Å². The van der Waals surface area contributed by atoms with E-state index in [0.717, 1.165) is 0 Å². The van der Waals surface area contributed by atoms with Crippen LogP contribution in [0.5, 0.6) is 0 Å². The minimum absolute atomic E-state index is 0.172. The molecule has 0 radical (unpaired) electrons. The topological polar surface area (TPSA) is 84.2 Å². The first-order chi connectivity index (χ1) is 5.81. The molecule has 0 aliphatic heterocycles. The Kier molecular flexibility index (Phi) is 3.87. The Morgan fingerprint density at radius 2 is 1.85 bits per heavy atom. The zero-order valence-corrected chi connectivity index (χ0v) is 8.47. The van der Waals surface area contributed by atoms with Crippen LogP contribution in [0.2, 0.25) is 0 Å². The standard InChI is InChI=1S/C8H17N3O2/c1-5(6(12)10-4)11-8(2,3)7(9)13/h5,11H,1-4H3,(H2,9,13)(H,10,12). The second-order valence-corrected chi connectivity index (χ2v) is 3.47. The zero-order valence-electron chi connectivity index (χ0n) is 8.47. The van der Waals surface area contributed by atoms with Crippen LogP contribution in [0.4, 0.5) is 0 Å². The van der Waals surface area contributed by atoms with Gasteiger partial charge in [0.25, 0.3) is 0 Å². The van der Waals surface area contributed by atoms with Gasteiger partial charge in [0.2, 0.25) is 11.8 Å². The minimum Gasteiger partial charge on any atom is -0.368 e. The summed E-state index contributed by atoms with van der Waals surface area (Å²) in [6, 6.07) is -0.438. The van der Waals surface area contributed by atoms with Gasteiger partial charge in [-0.2, -0.15) is 0 Å². The number of rotatable bonds is 4. The highest BCUT2D eigenvalue weighted by Crippen LogP contribution is 2.02. The zero-order chi connectivity index (χ0) is 10.6. The molecule has 0 spiro atoms. The third-order valence-electron chi connectivity index (χ3n) is 1.83. The first kappa shape index (κ1) is 11.9. The minimum atomic E-state index is -0.869. The van der Waals surface area contributed by atoms with E-state index in [0.29, 0.717) is 0 Å². The molecule has 5 heteroatoms. The molecule has 76 valence electrons. The van der Waals surface area contributed by atoms with Crippen molar-refractivity contribution in [1.29, 1.82) is 0 Å². The molecule has 1 unspecified atom stereocenters. The van der Waals surface area contributed by atoms with Gasteiger partial charge < -0.3 is 11.1 Å². The maximum atomic E-state index is 11.1. The van der Waals surface area contributed by atoms with E-state index < -0.39 is 17.5 Å². The molecule has 0 rings (SSSR count). The Morgan fingerprint density at radius 3 is 2.15 bits per heavy atom.